The maximum Gasteiger partial charge on any atom is -0.0417 e. The van der Waals surface area contributed by atoms with Crippen molar-refractivity contribution in [1.29, 1.82) is 0 Å². The lowest BCUT2D eigenvalue weighted by molar-refractivity contribution is 0.381. The van der Waals surface area contributed by atoms with Crippen LogP contribution in [0.4, 0.5) is 0 Å². The predicted octanol–water partition coefficient (Wildman–Crippen LogP) is 4.64. The van der Waals surface area contributed by atoms with Crippen molar-refractivity contribution in [2.45, 2.75) is 66.2 Å². The highest BCUT2D eigenvalue weighted by Crippen LogP contribution is 2.20. The van der Waals surface area contributed by atoms with Crippen molar-refractivity contribution in [2.24, 2.45) is 11.8 Å². The fraction of sp³-hybridized carbons (Fsp3) is 1.00. The van der Waals surface area contributed by atoms with Gasteiger partial charge in [0, 0.05) is 0 Å². The quantitative estimate of drug-likeness (QED) is 0.522. The monoisotopic (exact) mass is 170 g/mol. The van der Waals surface area contributed by atoms with Crippen molar-refractivity contribution in [1.82, 2.24) is 0 Å². The van der Waals surface area contributed by atoms with E-state index in [0.717, 1.165) is 11.8 Å². The van der Waals surface area contributed by atoms with E-state index in [0.29, 0.717) is 0 Å². The molecule has 0 N–H and O–H groups in total. The predicted molar refractivity (Wildman–Crippen MR) is 57.4 cm³/mol. The minimum absolute atomic E-state index is 0.890. The first-order valence-corrected chi connectivity index (χ1v) is 5.70. The van der Waals surface area contributed by atoms with Gasteiger partial charge < -0.3 is 0 Å². The Morgan fingerprint density at radius 2 is 1.58 bits per heavy atom. The molecule has 0 bridgehead atoms. The van der Waals surface area contributed by atoms with E-state index >= 15 is 0 Å². The first-order valence-electron chi connectivity index (χ1n) is 5.70. The summed E-state index contributed by atoms with van der Waals surface area (Å²) < 4.78 is 0. The van der Waals surface area contributed by atoms with E-state index in [-0.39, 0.29) is 0 Å². The van der Waals surface area contributed by atoms with Crippen LogP contribution in [-0.4, -0.2) is 0 Å². The van der Waals surface area contributed by atoms with Crippen LogP contribution in [-0.2, 0) is 0 Å². The van der Waals surface area contributed by atoms with Gasteiger partial charge in [0.2, 0.25) is 0 Å². The molecule has 0 aromatic heterocycles. The summed E-state index contributed by atoms with van der Waals surface area (Å²) in [5.41, 5.74) is 0. The van der Waals surface area contributed by atoms with Crippen molar-refractivity contribution in [2.75, 3.05) is 0 Å². The highest BCUT2D eigenvalue weighted by atomic mass is 14.1. The summed E-state index contributed by atoms with van der Waals surface area (Å²) in [5, 5.41) is 0. The average Bonchev–Trinajstić information content (AvgIpc) is 2.05. The Labute approximate surface area is 78.8 Å². The minimum atomic E-state index is 0.890. The molecular weight excluding hydrogens is 144 g/mol. The normalized spacial score (nSPS) is 13.8. The Morgan fingerprint density at radius 3 is 2.00 bits per heavy atom. The van der Waals surface area contributed by atoms with Crippen LogP contribution < -0.4 is 0 Å². The third kappa shape index (κ3) is 6.69. The minimum Gasteiger partial charge on any atom is -0.0654 e. The first-order chi connectivity index (χ1) is 5.70. The van der Waals surface area contributed by atoms with E-state index < -0.39 is 0 Å². The molecule has 0 amide bonds. The molecule has 0 radical (unpaired) electrons. The van der Waals surface area contributed by atoms with Crippen molar-refractivity contribution < 1.29 is 0 Å². The zero-order valence-corrected chi connectivity index (χ0v) is 9.40. The second-order valence-corrected chi connectivity index (χ2v) is 4.39. The molecule has 0 saturated heterocycles. The lowest BCUT2D eigenvalue weighted by Crippen LogP contribution is -2.01. The van der Waals surface area contributed by atoms with E-state index in [4.69, 9.17) is 0 Å². The molecule has 0 aliphatic heterocycles. The van der Waals surface area contributed by atoms with E-state index in [1.54, 1.807) is 0 Å². The topological polar surface area (TPSA) is 0 Å². The van der Waals surface area contributed by atoms with Crippen LogP contribution in [0.1, 0.15) is 66.2 Å². The van der Waals surface area contributed by atoms with E-state index in [1.165, 1.54) is 38.5 Å². The Bertz CT molecular complexity index is 84.0. The van der Waals surface area contributed by atoms with Gasteiger partial charge in [0.25, 0.3) is 0 Å². The van der Waals surface area contributed by atoms with Gasteiger partial charge in [-0.3, -0.25) is 0 Å². The van der Waals surface area contributed by atoms with Crippen molar-refractivity contribution in [3.8, 4) is 0 Å². The number of hydrogen-bond donors (Lipinski definition) is 0. The molecule has 0 spiro atoms. The van der Waals surface area contributed by atoms with Gasteiger partial charge in [0.1, 0.15) is 0 Å². The highest BCUT2D eigenvalue weighted by Gasteiger charge is 2.06. The largest absolute Gasteiger partial charge is 0.0654 e. The fourth-order valence-electron chi connectivity index (χ4n) is 1.61. The molecule has 12 heavy (non-hydrogen) atoms. The smallest absolute Gasteiger partial charge is 0.0417 e. The second kappa shape index (κ2) is 7.64. The van der Waals surface area contributed by atoms with Crippen LogP contribution in [0.25, 0.3) is 0 Å². The summed E-state index contributed by atoms with van der Waals surface area (Å²) in [6.07, 6.45) is 8.50. The van der Waals surface area contributed by atoms with Crippen LogP contribution in [0, 0.1) is 11.8 Å². The second-order valence-electron chi connectivity index (χ2n) is 4.39. The number of unbranched alkanes of at least 4 members (excludes halogenated alkanes) is 1. The van der Waals surface area contributed by atoms with Crippen LogP contribution in [0.5, 0.6) is 0 Å². The molecule has 0 heteroatoms. The summed E-state index contributed by atoms with van der Waals surface area (Å²) in [7, 11) is 0. The lowest BCUT2D eigenvalue weighted by Gasteiger charge is -2.15. The zero-order chi connectivity index (χ0) is 9.40. The maximum atomic E-state index is 2.33. The Morgan fingerprint density at radius 1 is 0.917 bits per heavy atom. The highest BCUT2D eigenvalue weighted by molar-refractivity contribution is 4.58. The number of rotatable bonds is 7. The molecule has 0 nitrogen and oxygen atoms in total. The van der Waals surface area contributed by atoms with Gasteiger partial charge in [0.05, 0.1) is 0 Å². The summed E-state index contributed by atoms with van der Waals surface area (Å²) in [6.45, 7) is 9.27. The summed E-state index contributed by atoms with van der Waals surface area (Å²) >= 11 is 0. The third-order valence-corrected chi connectivity index (χ3v) is 2.70. The van der Waals surface area contributed by atoms with E-state index in [1.807, 2.05) is 0 Å². The molecule has 1 atom stereocenters. The first kappa shape index (κ1) is 12.0. The zero-order valence-electron chi connectivity index (χ0n) is 9.40. The van der Waals surface area contributed by atoms with Crippen LogP contribution in [0.15, 0.2) is 0 Å². The standard InChI is InChI=1S/C12H26/c1-5-7-8-12(6-2)10-9-11(3)4/h11-12H,5-10H2,1-4H3. The molecule has 0 aromatic rings. The Kier molecular flexibility index (Phi) is 7.64. The van der Waals surface area contributed by atoms with Gasteiger partial charge in [-0.05, 0) is 11.8 Å². The molecule has 0 aromatic carbocycles. The average molecular weight is 170 g/mol. The van der Waals surface area contributed by atoms with Crippen molar-refractivity contribution in [3.63, 3.8) is 0 Å². The third-order valence-electron chi connectivity index (χ3n) is 2.70. The van der Waals surface area contributed by atoms with Gasteiger partial charge in [0.15, 0.2) is 0 Å². The molecule has 0 heterocycles. The van der Waals surface area contributed by atoms with Crippen LogP contribution in [0.2, 0.25) is 0 Å². The summed E-state index contributed by atoms with van der Waals surface area (Å²) in [5.74, 6) is 1.90. The van der Waals surface area contributed by atoms with E-state index in [9.17, 15) is 0 Å². The molecule has 0 aliphatic carbocycles. The Hall–Kier alpha value is 0. The van der Waals surface area contributed by atoms with Gasteiger partial charge in [-0.2, -0.15) is 0 Å². The molecular formula is C12H26. The van der Waals surface area contributed by atoms with Crippen LogP contribution in [0.3, 0.4) is 0 Å². The van der Waals surface area contributed by atoms with Gasteiger partial charge >= 0.3 is 0 Å². The lowest BCUT2D eigenvalue weighted by atomic mass is 9.91. The fourth-order valence-corrected chi connectivity index (χ4v) is 1.61. The summed E-state index contributed by atoms with van der Waals surface area (Å²) in [6, 6.07) is 0. The molecule has 0 aliphatic rings. The van der Waals surface area contributed by atoms with E-state index in [2.05, 4.69) is 27.7 Å². The number of hydrogen-bond acceptors (Lipinski definition) is 0. The van der Waals surface area contributed by atoms with Gasteiger partial charge in [-0.25, -0.2) is 0 Å². The molecule has 1 unspecified atom stereocenters. The maximum absolute atomic E-state index is 2.33. The molecule has 0 rings (SSSR count). The van der Waals surface area contributed by atoms with Crippen LogP contribution >= 0.6 is 0 Å². The van der Waals surface area contributed by atoms with Crippen molar-refractivity contribution in [3.05, 3.63) is 0 Å². The van der Waals surface area contributed by atoms with Crippen molar-refractivity contribution >= 4 is 0 Å². The SMILES string of the molecule is CCCCC(CC)CCC(C)C. The molecule has 0 saturated carbocycles. The van der Waals surface area contributed by atoms with Gasteiger partial charge in [-0.15, -0.1) is 0 Å². The van der Waals surface area contributed by atoms with Gasteiger partial charge in [-0.1, -0.05) is 66.2 Å². The molecule has 0 fully saturated rings. The summed E-state index contributed by atoms with van der Waals surface area (Å²) in [4.78, 5) is 0. The molecule has 74 valence electrons. The Balaban J connectivity index is 3.39.